The van der Waals surface area contributed by atoms with Crippen molar-refractivity contribution in [3.8, 4) is 11.5 Å². The molecule has 0 aliphatic carbocycles. The number of aryl methyl sites for hydroxylation is 2. The molecule has 0 spiro atoms. The van der Waals surface area contributed by atoms with Crippen LogP contribution in [-0.2, 0) is 17.6 Å². The molecule has 0 saturated heterocycles. The standard InChI is InChI=1S/C22H19NO4/c1-14-19(23-22(26-14)16-5-3-2-4-6-16)13-18-12-17-11-15(8-10-21(24)25)7-9-20(17)27-18/h2-7,9,11-12H,8,10,13H2,1H3,(H,24,25). The highest BCUT2D eigenvalue weighted by Gasteiger charge is 2.14. The van der Waals surface area contributed by atoms with Crippen LogP contribution in [0.25, 0.3) is 22.4 Å². The average molecular weight is 361 g/mol. The number of carbonyl (C=O) groups is 1. The first-order valence-corrected chi connectivity index (χ1v) is 8.83. The highest BCUT2D eigenvalue weighted by Crippen LogP contribution is 2.26. The predicted octanol–water partition coefficient (Wildman–Crippen LogP) is 5.00. The Bertz CT molecular complexity index is 1090. The van der Waals surface area contributed by atoms with Crippen LogP contribution < -0.4 is 0 Å². The number of carboxylic acid groups (broad SMARTS) is 1. The summed E-state index contributed by atoms with van der Waals surface area (Å²) < 4.78 is 11.7. The molecule has 0 aliphatic heterocycles. The minimum absolute atomic E-state index is 0.122. The van der Waals surface area contributed by atoms with Crippen molar-refractivity contribution >= 4 is 16.9 Å². The first-order chi connectivity index (χ1) is 13.1. The molecule has 0 unspecified atom stereocenters. The number of hydrogen-bond donors (Lipinski definition) is 1. The summed E-state index contributed by atoms with van der Waals surface area (Å²) in [6, 6.07) is 17.6. The second kappa shape index (κ2) is 7.11. The Morgan fingerprint density at radius 3 is 2.67 bits per heavy atom. The molecule has 5 heteroatoms. The molecule has 2 aromatic heterocycles. The van der Waals surface area contributed by atoms with Gasteiger partial charge in [-0.1, -0.05) is 24.3 Å². The third kappa shape index (κ3) is 3.77. The van der Waals surface area contributed by atoms with E-state index >= 15 is 0 Å². The molecule has 1 N–H and O–H groups in total. The maximum atomic E-state index is 10.7. The molecule has 2 aromatic carbocycles. The van der Waals surface area contributed by atoms with E-state index in [1.54, 1.807) is 0 Å². The number of benzene rings is 2. The van der Waals surface area contributed by atoms with Crippen molar-refractivity contribution in [3.63, 3.8) is 0 Å². The summed E-state index contributed by atoms with van der Waals surface area (Å²) >= 11 is 0. The molecule has 27 heavy (non-hydrogen) atoms. The molecule has 4 aromatic rings. The zero-order chi connectivity index (χ0) is 18.8. The van der Waals surface area contributed by atoms with Crippen LogP contribution in [-0.4, -0.2) is 16.1 Å². The first kappa shape index (κ1) is 17.1. The summed E-state index contributed by atoms with van der Waals surface area (Å²) in [6.45, 7) is 1.90. The Kier molecular flexibility index (Phi) is 4.50. The normalized spacial score (nSPS) is 11.1. The van der Waals surface area contributed by atoms with E-state index in [2.05, 4.69) is 4.98 Å². The molecular formula is C22H19NO4. The van der Waals surface area contributed by atoms with Gasteiger partial charge in [-0.15, -0.1) is 0 Å². The molecule has 136 valence electrons. The van der Waals surface area contributed by atoms with Crippen molar-refractivity contribution in [1.29, 1.82) is 0 Å². The van der Waals surface area contributed by atoms with Crippen LogP contribution in [0.5, 0.6) is 0 Å². The van der Waals surface area contributed by atoms with Crippen LogP contribution in [0.1, 0.15) is 29.2 Å². The van der Waals surface area contributed by atoms with Crippen LogP contribution in [0, 0.1) is 6.92 Å². The fourth-order valence-electron chi connectivity index (χ4n) is 3.10. The largest absolute Gasteiger partial charge is 0.481 e. The van der Waals surface area contributed by atoms with Gasteiger partial charge >= 0.3 is 5.97 Å². The fraction of sp³-hybridized carbons (Fsp3) is 0.182. The van der Waals surface area contributed by atoms with E-state index in [1.165, 1.54) is 0 Å². The van der Waals surface area contributed by atoms with Crippen molar-refractivity contribution in [1.82, 2.24) is 4.98 Å². The van der Waals surface area contributed by atoms with E-state index in [-0.39, 0.29) is 6.42 Å². The molecule has 0 aliphatic rings. The number of oxazole rings is 1. The molecule has 4 rings (SSSR count). The highest BCUT2D eigenvalue weighted by molar-refractivity contribution is 5.79. The lowest BCUT2D eigenvalue weighted by molar-refractivity contribution is -0.136. The third-order valence-electron chi connectivity index (χ3n) is 4.51. The number of furan rings is 1. The molecule has 0 bridgehead atoms. The monoisotopic (exact) mass is 361 g/mol. The Balaban J connectivity index is 1.56. The van der Waals surface area contributed by atoms with Gasteiger partial charge in [0.1, 0.15) is 17.1 Å². The SMILES string of the molecule is Cc1oc(-c2ccccc2)nc1Cc1cc2cc(CCC(=O)O)ccc2o1. The summed E-state index contributed by atoms with van der Waals surface area (Å²) in [6.07, 6.45) is 1.17. The van der Waals surface area contributed by atoms with Gasteiger partial charge in [-0.05, 0) is 49.2 Å². The Labute approximate surface area is 156 Å². The lowest BCUT2D eigenvalue weighted by Gasteiger charge is -1.97. The number of nitrogens with zero attached hydrogens (tertiary/aromatic N) is 1. The van der Waals surface area contributed by atoms with Gasteiger partial charge in [-0.25, -0.2) is 4.98 Å². The molecule has 0 amide bonds. The van der Waals surface area contributed by atoms with Crippen LogP contribution in [0.2, 0.25) is 0 Å². The van der Waals surface area contributed by atoms with E-state index in [4.69, 9.17) is 13.9 Å². The van der Waals surface area contributed by atoms with Gasteiger partial charge in [0.05, 0.1) is 12.1 Å². The fourth-order valence-corrected chi connectivity index (χ4v) is 3.10. The second-order valence-corrected chi connectivity index (χ2v) is 6.54. The summed E-state index contributed by atoms with van der Waals surface area (Å²) in [4.78, 5) is 15.4. The van der Waals surface area contributed by atoms with Crippen molar-refractivity contribution in [2.75, 3.05) is 0 Å². The lowest BCUT2D eigenvalue weighted by atomic mass is 10.1. The first-order valence-electron chi connectivity index (χ1n) is 8.83. The van der Waals surface area contributed by atoms with Crippen molar-refractivity contribution in [3.05, 3.63) is 77.4 Å². The molecule has 5 nitrogen and oxygen atoms in total. The smallest absolute Gasteiger partial charge is 0.303 e. The zero-order valence-electron chi connectivity index (χ0n) is 14.9. The number of aromatic nitrogens is 1. The number of aliphatic carboxylic acids is 1. The molecule has 0 radical (unpaired) electrons. The van der Waals surface area contributed by atoms with Gasteiger partial charge in [-0.2, -0.15) is 0 Å². The van der Waals surface area contributed by atoms with Crippen molar-refractivity contribution < 1.29 is 18.7 Å². The van der Waals surface area contributed by atoms with Crippen LogP contribution >= 0.6 is 0 Å². The van der Waals surface area contributed by atoms with E-state index in [0.717, 1.165) is 39.3 Å². The molecule has 0 fully saturated rings. The third-order valence-corrected chi connectivity index (χ3v) is 4.51. The predicted molar refractivity (Wildman–Crippen MR) is 102 cm³/mol. The number of fused-ring (bicyclic) bond motifs is 1. The minimum Gasteiger partial charge on any atom is -0.481 e. The molecule has 2 heterocycles. The Morgan fingerprint density at radius 2 is 1.89 bits per heavy atom. The number of hydrogen-bond acceptors (Lipinski definition) is 4. The zero-order valence-corrected chi connectivity index (χ0v) is 14.9. The van der Waals surface area contributed by atoms with Gasteiger partial charge in [0.25, 0.3) is 0 Å². The summed E-state index contributed by atoms with van der Waals surface area (Å²) in [7, 11) is 0. The molecular weight excluding hydrogens is 342 g/mol. The lowest BCUT2D eigenvalue weighted by Crippen LogP contribution is -1.96. The highest BCUT2D eigenvalue weighted by atomic mass is 16.4. The van der Waals surface area contributed by atoms with Gasteiger partial charge in [-0.3, -0.25) is 4.79 Å². The quantitative estimate of drug-likeness (QED) is 0.523. The molecule has 0 saturated carbocycles. The van der Waals surface area contributed by atoms with E-state index in [1.807, 2.05) is 61.5 Å². The van der Waals surface area contributed by atoms with Gasteiger partial charge < -0.3 is 13.9 Å². The second-order valence-electron chi connectivity index (χ2n) is 6.54. The van der Waals surface area contributed by atoms with Gasteiger partial charge in [0.15, 0.2) is 0 Å². The summed E-state index contributed by atoms with van der Waals surface area (Å²) in [5, 5.41) is 9.80. The summed E-state index contributed by atoms with van der Waals surface area (Å²) in [5.74, 6) is 1.39. The van der Waals surface area contributed by atoms with Crippen LogP contribution in [0.4, 0.5) is 0 Å². The maximum absolute atomic E-state index is 10.7. The molecule has 0 atom stereocenters. The Morgan fingerprint density at radius 1 is 1.07 bits per heavy atom. The maximum Gasteiger partial charge on any atom is 0.303 e. The topological polar surface area (TPSA) is 76.5 Å². The van der Waals surface area contributed by atoms with Crippen molar-refractivity contribution in [2.45, 2.75) is 26.2 Å². The minimum atomic E-state index is -0.793. The van der Waals surface area contributed by atoms with Gasteiger partial charge in [0, 0.05) is 17.4 Å². The summed E-state index contributed by atoms with van der Waals surface area (Å²) in [5.41, 5.74) is 3.56. The van der Waals surface area contributed by atoms with E-state index < -0.39 is 5.97 Å². The van der Waals surface area contributed by atoms with Crippen LogP contribution in [0.3, 0.4) is 0 Å². The Hall–Kier alpha value is -3.34. The number of rotatable bonds is 6. The van der Waals surface area contributed by atoms with E-state index in [9.17, 15) is 4.79 Å². The van der Waals surface area contributed by atoms with Crippen LogP contribution in [0.15, 0.2) is 63.4 Å². The number of carboxylic acids is 1. The average Bonchev–Trinajstić information content (AvgIpc) is 3.23. The van der Waals surface area contributed by atoms with Crippen molar-refractivity contribution in [2.24, 2.45) is 0 Å². The van der Waals surface area contributed by atoms with E-state index in [0.29, 0.717) is 18.7 Å². The van der Waals surface area contributed by atoms with Gasteiger partial charge in [0.2, 0.25) is 5.89 Å².